The van der Waals surface area contributed by atoms with Crippen molar-refractivity contribution < 1.29 is 13.6 Å². The lowest BCUT2D eigenvalue weighted by molar-refractivity contribution is 0.196. The van der Waals surface area contributed by atoms with Gasteiger partial charge in [0.1, 0.15) is 5.75 Å². The highest BCUT2D eigenvalue weighted by molar-refractivity contribution is 7.51. The highest BCUT2D eigenvalue weighted by Gasteiger charge is 2.38. The summed E-state index contributed by atoms with van der Waals surface area (Å²) in [6.45, 7) is 9.90. The van der Waals surface area contributed by atoms with E-state index in [1.165, 1.54) is 7.11 Å². The van der Waals surface area contributed by atoms with Crippen LogP contribution in [0.5, 0.6) is 5.75 Å². The van der Waals surface area contributed by atoms with Gasteiger partial charge in [-0.2, -0.15) is 4.67 Å². The van der Waals surface area contributed by atoms with Gasteiger partial charge in [0.15, 0.2) is 0 Å². The second kappa shape index (κ2) is 6.56. The van der Waals surface area contributed by atoms with Crippen molar-refractivity contribution in [1.29, 1.82) is 0 Å². The van der Waals surface area contributed by atoms with E-state index in [0.717, 1.165) is 5.56 Å². The van der Waals surface area contributed by atoms with Gasteiger partial charge in [-0.05, 0) is 46.8 Å². The second-order valence-electron chi connectivity index (χ2n) is 5.12. The lowest BCUT2D eigenvalue weighted by Gasteiger charge is -2.34. The Morgan fingerprint density at radius 3 is 1.89 bits per heavy atom. The second-order valence-corrected chi connectivity index (χ2v) is 7.07. The summed E-state index contributed by atoms with van der Waals surface area (Å²) < 4.78 is 25.5. The van der Waals surface area contributed by atoms with Crippen molar-refractivity contribution in [3.8, 4) is 5.75 Å². The third-order valence-corrected chi connectivity index (χ3v) is 5.21. The van der Waals surface area contributed by atoms with Crippen molar-refractivity contribution in [2.45, 2.75) is 46.7 Å². The first-order chi connectivity index (χ1) is 8.80. The van der Waals surface area contributed by atoms with Crippen LogP contribution in [0.15, 0.2) is 24.3 Å². The van der Waals surface area contributed by atoms with Crippen molar-refractivity contribution in [1.82, 2.24) is 4.67 Å². The molecule has 0 aliphatic carbocycles. The van der Waals surface area contributed by atoms with E-state index in [-0.39, 0.29) is 12.1 Å². The molecule has 0 saturated carbocycles. The summed E-state index contributed by atoms with van der Waals surface area (Å²) in [6.07, 6.45) is 0. The van der Waals surface area contributed by atoms with Gasteiger partial charge in [-0.25, -0.2) is 4.57 Å². The average Bonchev–Trinajstić information content (AvgIpc) is 2.31. The molecule has 1 atom stereocenters. The maximum Gasteiger partial charge on any atom is 0.461 e. The SMILES string of the molecule is COP(=O)(Oc1ccc(C)cc1)N(C(C)C)C(C)C. The normalized spacial score (nSPS) is 15.0. The molecule has 4 nitrogen and oxygen atoms in total. The average molecular weight is 285 g/mol. The predicted octanol–water partition coefficient (Wildman–Crippen LogP) is 4.25. The lowest BCUT2D eigenvalue weighted by atomic mass is 10.2. The van der Waals surface area contributed by atoms with Gasteiger partial charge in [-0.1, -0.05) is 17.7 Å². The van der Waals surface area contributed by atoms with E-state index in [0.29, 0.717) is 5.75 Å². The van der Waals surface area contributed by atoms with E-state index < -0.39 is 7.75 Å². The molecule has 0 N–H and O–H groups in total. The van der Waals surface area contributed by atoms with Crippen LogP contribution in [0.2, 0.25) is 0 Å². The molecular formula is C14H24NO3P. The Morgan fingerprint density at radius 1 is 1.05 bits per heavy atom. The van der Waals surface area contributed by atoms with Crippen molar-refractivity contribution >= 4 is 7.75 Å². The van der Waals surface area contributed by atoms with Gasteiger partial charge in [0, 0.05) is 19.2 Å². The molecule has 1 aromatic carbocycles. The van der Waals surface area contributed by atoms with Crippen LogP contribution in [0.1, 0.15) is 33.3 Å². The maximum atomic E-state index is 12.9. The van der Waals surface area contributed by atoms with E-state index in [1.54, 1.807) is 16.8 Å². The molecule has 1 aromatic rings. The monoisotopic (exact) mass is 285 g/mol. The molecule has 0 aliphatic rings. The molecule has 0 saturated heterocycles. The predicted molar refractivity (Wildman–Crippen MR) is 78.5 cm³/mol. The summed E-state index contributed by atoms with van der Waals surface area (Å²) in [6, 6.07) is 7.58. The quantitative estimate of drug-likeness (QED) is 0.732. The third-order valence-electron chi connectivity index (χ3n) is 2.81. The van der Waals surface area contributed by atoms with Crippen molar-refractivity contribution in [3.63, 3.8) is 0 Å². The molecule has 5 heteroatoms. The Hall–Kier alpha value is -0.830. The fourth-order valence-electron chi connectivity index (χ4n) is 2.07. The van der Waals surface area contributed by atoms with Gasteiger partial charge >= 0.3 is 7.75 Å². The zero-order chi connectivity index (χ0) is 14.6. The summed E-state index contributed by atoms with van der Waals surface area (Å²) in [5.41, 5.74) is 1.13. The van der Waals surface area contributed by atoms with Gasteiger partial charge < -0.3 is 4.52 Å². The van der Waals surface area contributed by atoms with Crippen LogP contribution in [0.25, 0.3) is 0 Å². The van der Waals surface area contributed by atoms with Crippen molar-refractivity contribution in [3.05, 3.63) is 29.8 Å². The first-order valence-corrected chi connectivity index (χ1v) is 8.00. The number of benzene rings is 1. The molecule has 0 aliphatic heterocycles. The van der Waals surface area contributed by atoms with Gasteiger partial charge in [0.05, 0.1) is 0 Å². The smallest absolute Gasteiger partial charge is 0.413 e. The molecule has 0 spiro atoms. The Balaban J connectivity index is 3.02. The minimum absolute atomic E-state index is 0.0660. The van der Waals surface area contributed by atoms with Gasteiger partial charge in [0.25, 0.3) is 0 Å². The molecule has 19 heavy (non-hydrogen) atoms. The highest BCUT2D eigenvalue weighted by atomic mass is 31.2. The largest absolute Gasteiger partial charge is 0.461 e. The molecule has 0 heterocycles. The number of nitrogens with zero attached hydrogens (tertiary/aromatic N) is 1. The minimum atomic E-state index is -3.33. The van der Waals surface area contributed by atoms with Crippen LogP contribution in [-0.2, 0) is 9.09 Å². The fourth-order valence-corrected chi connectivity index (χ4v) is 3.95. The summed E-state index contributed by atoms with van der Waals surface area (Å²) >= 11 is 0. The number of aryl methyl sites for hydroxylation is 1. The zero-order valence-electron chi connectivity index (χ0n) is 12.6. The summed E-state index contributed by atoms with van der Waals surface area (Å²) in [5.74, 6) is 0.557. The van der Waals surface area contributed by atoms with E-state index >= 15 is 0 Å². The zero-order valence-corrected chi connectivity index (χ0v) is 13.5. The van der Waals surface area contributed by atoms with Crippen molar-refractivity contribution in [2.24, 2.45) is 0 Å². The van der Waals surface area contributed by atoms with E-state index in [9.17, 15) is 4.57 Å². The van der Waals surface area contributed by atoms with Crippen LogP contribution in [0.3, 0.4) is 0 Å². The molecule has 0 fully saturated rings. The molecule has 0 radical (unpaired) electrons. The van der Waals surface area contributed by atoms with Gasteiger partial charge in [0.2, 0.25) is 0 Å². The Morgan fingerprint density at radius 2 is 1.53 bits per heavy atom. The van der Waals surface area contributed by atoms with Crippen LogP contribution in [0.4, 0.5) is 0 Å². The molecule has 0 aromatic heterocycles. The highest BCUT2D eigenvalue weighted by Crippen LogP contribution is 2.53. The molecule has 108 valence electrons. The minimum Gasteiger partial charge on any atom is -0.413 e. The van der Waals surface area contributed by atoms with E-state index in [2.05, 4.69) is 0 Å². The fraction of sp³-hybridized carbons (Fsp3) is 0.571. The van der Waals surface area contributed by atoms with Crippen LogP contribution in [0, 0.1) is 6.92 Å². The summed E-state index contributed by atoms with van der Waals surface area (Å²) in [4.78, 5) is 0. The third kappa shape index (κ3) is 4.07. The Bertz CT molecular complexity index is 435. The summed E-state index contributed by atoms with van der Waals surface area (Å²) in [7, 11) is -1.90. The standard InChI is InChI=1S/C14H24NO3P/c1-11(2)15(12(3)4)19(16,17-6)18-14-9-7-13(5)8-10-14/h7-12H,1-6H3. The summed E-state index contributed by atoms with van der Waals surface area (Å²) in [5, 5.41) is 0. The number of hydrogen-bond acceptors (Lipinski definition) is 3. The van der Waals surface area contributed by atoms with E-state index in [4.69, 9.17) is 9.05 Å². The van der Waals surface area contributed by atoms with Crippen LogP contribution < -0.4 is 4.52 Å². The first-order valence-electron chi connectivity index (χ1n) is 6.51. The Kier molecular flexibility index (Phi) is 5.60. The van der Waals surface area contributed by atoms with Crippen LogP contribution in [-0.4, -0.2) is 23.9 Å². The van der Waals surface area contributed by atoms with Gasteiger partial charge in [-0.15, -0.1) is 0 Å². The molecule has 0 bridgehead atoms. The van der Waals surface area contributed by atoms with Gasteiger partial charge in [-0.3, -0.25) is 4.52 Å². The lowest BCUT2D eigenvalue weighted by Crippen LogP contribution is -2.36. The Labute approximate surface area is 116 Å². The molecule has 1 unspecified atom stereocenters. The molecule has 1 rings (SSSR count). The molecular weight excluding hydrogens is 261 g/mol. The molecule has 0 amide bonds. The van der Waals surface area contributed by atoms with Crippen molar-refractivity contribution in [2.75, 3.05) is 7.11 Å². The topological polar surface area (TPSA) is 38.8 Å². The number of rotatable bonds is 6. The van der Waals surface area contributed by atoms with Crippen LogP contribution >= 0.6 is 7.75 Å². The van der Waals surface area contributed by atoms with E-state index in [1.807, 2.05) is 46.8 Å². The maximum absolute atomic E-state index is 12.9. The first kappa shape index (κ1) is 16.2. The number of hydrogen-bond donors (Lipinski definition) is 0.